The standard InChI is InChI=1S/C14H22F2N2O2S/c1-11(2)17-9-3-4-12-5-7-13(8-6-12)21(19,20)18-10-14(15)16/h5-8,11,14,17-18H,3-4,9-10H2,1-2H3. The lowest BCUT2D eigenvalue weighted by atomic mass is 10.1. The van der Waals surface area contributed by atoms with Crippen LogP contribution >= 0.6 is 0 Å². The zero-order valence-electron chi connectivity index (χ0n) is 12.3. The average Bonchev–Trinajstić information content (AvgIpc) is 2.42. The van der Waals surface area contributed by atoms with Crippen molar-refractivity contribution in [3.8, 4) is 0 Å². The highest BCUT2D eigenvalue weighted by Gasteiger charge is 2.15. The molecule has 21 heavy (non-hydrogen) atoms. The van der Waals surface area contributed by atoms with Gasteiger partial charge in [-0.2, -0.15) is 0 Å². The van der Waals surface area contributed by atoms with Crippen molar-refractivity contribution in [3.05, 3.63) is 29.8 Å². The van der Waals surface area contributed by atoms with Crippen LogP contribution in [0.15, 0.2) is 29.2 Å². The Bertz CT molecular complexity index is 516. The molecule has 0 fully saturated rings. The van der Waals surface area contributed by atoms with E-state index in [4.69, 9.17) is 0 Å². The van der Waals surface area contributed by atoms with E-state index in [2.05, 4.69) is 19.2 Å². The molecule has 0 saturated heterocycles. The summed E-state index contributed by atoms with van der Waals surface area (Å²) in [6.07, 6.45) is -0.911. The summed E-state index contributed by atoms with van der Waals surface area (Å²) in [5.41, 5.74) is 1.02. The highest BCUT2D eigenvalue weighted by molar-refractivity contribution is 7.89. The van der Waals surface area contributed by atoms with Gasteiger partial charge in [0.25, 0.3) is 6.43 Å². The van der Waals surface area contributed by atoms with Gasteiger partial charge in [-0.3, -0.25) is 0 Å². The molecular formula is C14H22F2N2O2S. The smallest absolute Gasteiger partial charge is 0.251 e. The van der Waals surface area contributed by atoms with Gasteiger partial charge in [0.15, 0.2) is 0 Å². The second-order valence-corrected chi connectivity index (χ2v) is 6.87. The highest BCUT2D eigenvalue weighted by atomic mass is 32.2. The number of sulfonamides is 1. The third-order valence-electron chi connectivity index (χ3n) is 2.86. The summed E-state index contributed by atoms with van der Waals surface area (Å²) in [6.45, 7) is 4.18. The van der Waals surface area contributed by atoms with Crippen LogP contribution < -0.4 is 10.0 Å². The second-order valence-electron chi connectivity index (χ2n) is 5.10. The van der Waals surface area contributed by atoms with Crippen LogP contribution in [-0.4, -0.2) is 34.0 Å². The number of aryl methyl sites for hydroxylation is 1. The van der Waals surface area contributed by atoms with Crippen molar-refractivity contribution in [2.24, 2.45) is 0 Å². The average molecular weight is 320 g/mol. The molecule has 4 nitrogen and oxygen atoms in total. The van der Waals surface area contributed by atoms with Crippen molar-refractivity contribution in [1.29, 1.82) is 0 Å². The van der Waals surface area contributed by atoms with Crippen molar-refractivity contribution >= 4 is 10.0 Å². The Morgan fingerprint density at radius 3 is 2.29 bits per heavy atom. The molecule has 0 aliphatic carbocycles. The first-order valence-corrected chi connectivity index (χ1v) is 8.39. The maximum Gasteiger partial charge on any atom is 0.251 e. The lowest BCUT2D eigenvalue weighted by molar-refractivity contribution is 0.153. The number of hydrogen-bond acceptors (Lipinski definition) is 3. The molecule has 0 aliphatic heterocycles. The predicted octanol–water partition coefficient (Wildman–Crippen LogP) is 2.16. The Morgan fingerprint density at radius 2 is 1.76 bits per heavy atom. The summed E-state index contributed by atoms with van der Waals surface area (Å²) in [5.74, 6) is 0. The zero-order chi connectivity index (χ0) is 15.9. The van der Waals surface area contributed by atoms with Gasteiger partial charge < -0.3 is 5.32 Å². The Labute approximate surface area is 125 Å². The van der Waals surface area contributed by atoms with E-state index in [-0.39, 0.29) is 4.90 Å². The van der Waals surface area contributed by atoms with Gasteiger partial charge >= 0.3 is 0 Å². The van der Waals surface area contributed by atoms with Crippen LogP contribution in [0.3, 0.4) is 0 Å². The third kappa shape index (κ3) is 6.97. The van der Waals surface area contributed by atoms with E-state index in [1.54, 1.807) is 12.1 Å². The number of rotatable bonds is 9. The van der Waals surface area contributed by atoms with Gasteiger partial charge in [0.1, 0.15) is 0 Å². The molecule has 0 heterocycles. The predicted molar refractivity (Wildman–Crippen MR) is 79.1 cm³/mol. The van der Waals surface area contributed by atoms with Gasteiger partial charge in [-0.05, 0) is 37.1 Å². The molecule has 2 N–H and O–H groups in total. The number of benzene rings is 1. The summed E-state index contributed by atoms with van der Waals surface area (Å²) in [6, 6.07) is 6.76. The molecule has 1 aromatic rings. The van der Waals surface area contributed by atoms with Crippen molar-refractivity contribution in [1.82, 2.24) is 10.0 Å². The number of hydrogen-bond donors (Lipinski definition) is 2. The maximum atomic E-state index is 12.0. The summed E-state index contributed by atoms with van der Waals surface area (Å²) in [4.78, 5) is 0.00667. The molecule has 0 amide bonds. The quantitative estimate of drug-likeness (QED) is 0.686. The molecule has 1 rings (SSSR count). The maximum absolute atomic E-state index is 12.0. The van der Waals surface area contributed by atoms with Crippen LogP contribution in [0.25, 0.3) is 0 Å². The fourth-order valence-electron chi connectivity index (χ4n) is 1.77. The lowest BCUT2D eigenvalue weighted by Gasteiger charge is -2.09. The first-order chi connectivity index (χ1) is 9.81. The van der Waals surface area contributed by atoms with E-state index in [1.165, 1.54) is 12.1 Å². The summed E-state index contributed by atoms with van der Waals surface area (Å²) in [5, 5.41) is 3.30. The van der Waals surface area contributed by atoms with Gasteiger partial charge in [-0.15, -0.1) is 0 Å². The molecule has 0 atom stereocenters. The van der Waals surface area contributed by atoms with Crippen molar-refractivity contribution in [3.63, 3.8) is 0 Å². The first-order valence-electron chi connectivity index (χ1n) is 6.91. The van der Waals surface area contributed by atoms with E-state index in [9.17, 15) is 17.2 Å². The van der Waals surface area contributed by atoms with Gasteiger partial charge in [0.2, 0.25) is 10.0 Å². The van der Waals surface area contributed by atoms with Crippen molar-refractivity contribution in [2.75, 3.05) is 13.1 Å². The van der Waals surface area contributed by atoms with Crippen LogP contribution in [-0.2, 0) is 16.4 Å². The normalized spacial score (nSPS) is 12.3. The molecular weight excluding hydrogens is 298 g/mol. The molecule has 0 aliphatic rings. The SMILES string of the molecule is CC(C)NCCCc1ccc(S(=O)(=O)NCC(F)F)cc1. The molecule has 7 heteroatoms. The number of halogens is 2. The molecule has 0 spiro atoms. The van der Waals surface area contributed by atoms with E-state index < -0.39 is 23.0 Å². The summed E-state index contributed by atoms with van der Waals surface area (Å²) < 4.78 is 49.4. The highest BCUT2D eigenvalue weighted by Crippen LogP contribution is 2.12. The summed E-state index contributed by atoms with van der Waals surface area (Å²) >= 11 is 0. The van der Waals surface area contributed by atoms with Crippen LogP contribution in [0.4, 0.5) is 8.78 Å². The Hall–Kier alpha value is -1.05. The van der Waals surface area contributed by atoms with Crippen molar-refractivity contribution < 1.29 is 17.2 Å². The van der Waals surface area contributed by atoms with Gasteiger partial charge in [-0.25, -0.2) is 21.9 Å². The molecule has 120 valence electrons. The van der Waals surface area contributed by atoms with Crippen LogP contribution in [0, 0.1) is 0 Å². The Balaban J connectivity index is 2.53. The van der Waals surface area contributed by atoms with E-state index in [0.29, 0.717) is 6.04 Å². The molecule has 0 aromatic heterocycles. The molecule has 0 saturated carbocycles. The lowest BCUT2D eigenvalue weighted by Crippen LogP contribution is -2.28. The third-order valence-corrected chi connectivity index (χ3v) is 4.30. The molecule has 1 aromatic carbocycles. The number of alkyl halides is 2. The Morgan fingerprint density at radius 1 is 1.14 bits per heavy atom. The van der Waals surface area contributed by atoms with Crippen LogP contribution in [0.1, 0.15) is 25.8 Å². The Kier molecular flexibility index (Phi) is 7.21. The molecule has 0 bridgehead atoms. The van der Waals surface area contributed by atoms with E-state index in [0.717, 1.165) is 24.9 Å². The molecule has 0 radical (unpaired) electrons. The second kappa shape index (κ2) is 8.41. The molecule has 0 unspecified atom stereocenters. The van der Waals surface area contributed by atoms with Gasteiger partial charge in [0.05, 0.1) is 11.4 Å². The minimum atomic E-state index is -3.85. The first kappa shape index (κ1) is 18.0. The van der Waals surface area contributed by atoms with Crippen LogP contribution in [0.2, 0.25) is 0 Å². The van der Waals surface area contributed by atoms with Crippen LogP contribution in [0.5, 0.6) is 0 Å². The number of nitrogens with one attached hydrogen (secondary N) is 2. The van der Waals surface area contributed by atoms with Crippen molar-refractivity contribution in [2.45, 2.75) is 44.1 Å². The van der Waals surface area contributed by atoms with E-state index >= 15 is 0 Å². The minimum Gasteiger partial charge on any atom is -0.315 e. The van der Waals surface area contributed by atoms with Gasteiger partial charge in [-0.1, -0.05) is 26.0 Å². The topological polar surface area (TPSA) is 58.2 Å². The fourth-order valence-corrected chi connectivity index (χ4v) is 2.78. The fraction of sp³-hybridized carbons (Fsp3) is 0.571. The summed E-state index contributed by atoms with van der Waals surface area (Å²) in [7, 11) is -3.85. The van der Waals surface area contributed by atoms with Gasteiger partial charge in [0, 0.05) is 6.04 Å². The van der Waals surface area contributed by atoms with E-state index in [1.807, 2.05) is 4.72 Å². The minimum absolute atomic E-state index is 0.00667. The zero-order valence-corrected chi connectivity index (χ0v) is 13.1. The largest absolute Gasteiger partial charge is 0.315 e. The monoisotopic (exact) mass is 320 g/mol.